The lowest BCUT2D eigenvalue weighted by molar-refractivity contribution is -0.139. The number of anilines is 1. The summed E-state index contributed by atoms with van der Waals surface area (Å²) in [6.45, 7) is 2.06. The van der Waals surface area contributed by atoms with Crippen LogP contribution in [0.1, 0.15) is 5.56 Å². The molecule has 1 fully saturated rings. The maximum absolute atomic E-state index is 13.0. The Labute approximate surface area is 162 Å². The molecule has 1 heterocycles. The number of ketones is 1. The average molecular weight is 383 g/mol. The molecule has 0 bridgehead atoms. The van der Waals surface area contributed by atoms with Crippen LogP contribution in [0.25, 0.3) is 0 Å². The van der Waals surface area contributed by atoms with E-state index in [-0.39, 0.29) is 24.7 Å². The van der Waals surface area contributed by atoms with Crippen LogP contribution in [0.5, 0.6) is 0 Å². The number of carbonyl (C=O) groups is 3. The van der Waals surface area contributed by atoms with Gasteiger partial charge in [-0.25, -0.2) is 4.39 Å². The van der Waals surface area contributed by atoms with Gasteiger partial charge in [0.05, 0.1) is 6.54 Å². The van der Waals surface area contributed by atoms with Gasteiger partial charge in [0.25, 0.3) is 5.91 Å². The summed E-state index contributed by atoms with van der Waals surface area (Å²) in [5, 5.41) is 2.41. The molecule has 7 heteroatoms. The number of nitrogens with zero attached hydrogens (tertiary/aromatic N) is 2. The summed E-state index contributed by atoms with van der Waals surface area (Å²) >= 11 is 0. The number of carbonyl (C=O) groups excluding carboxylic acids is 3. The lowest BCUT2D eigenvalue weighted by Gasteiger charge is -2.36. The Morgan fingerprint density at radius 1 is 0.893 bits per heavy atom. The third kappa shape index (κ3) is 5.16. The van der Waals surface area contributed by atoms with Gasteiger partial charge in [0.15, 0.2) is 0 Å². The first kappa shape index (κ1) is 19.5. The highest BCUT2D eigenvalue weighted by Gasteiger charge is 2.22. The van der Waals surface area contributed by atoms with Gasteiger partial charge in [-0.2, -0.15) is 0 Å². The Kier molecular flexibility index (Phi) is 6.37. The van der Waals surface area contributed by atoms with Gasteiger partial charge in [-0.3, -0.25) is 14.4 Å². The number of piperazine rings is 1. The van der Waals surface area contributed by atoms with Gasteiger partial charge >= 0.3 is 0 Å². The topological polar surface area (TPSA) is 69.7 Å². The van der Waals surface area contributed by atoms with Gasteiger partial charge in [0.2, 0.25) is 11.7 Å². The highest BCUT2D eigenvalue weighted by Crippen LogP contribution is 2.16. The van der Waals surface area contributed by atoms with E-state index in [4.69, 9.17) is 0 Å². The van der Waals surface area contributed by atoms with Crippen molar-refractivity contribution >= 4 is 23.3 Å². The smallest absolute Gasteiger partial charge is 0.288 e. The minimum absolute atomic E-state index is 0.0111. The Morgan fingerprint density at radius 3 is 2.18 bits per heavy atom. The number of hydrogen-bond donors (Lipinski definition) is 1. The third-order valence-corrected chi connectivity index (χ3v) is 4.69. The summed E-state index contributed by atoms with van der Waals surface area (Å²) in [4.78, 5) is 39.9. The fourth-order valence-corrected chi connectivity index (χ4v) is 3.09. The molecule has 146 valence electrons. The molecule has 2 aromatic rings. The van der Waals surface area contributed by atoms with Crippen LogP contribution in [0.15, 0.2) is 54.6 Å². The summed E-state index contributed by atoms with van der Waals surface area (Å²) in [5.41, 5.74) is 1.67. The van der Waals surface area contributed by atoms with E-state index in [0.29, 0.717) is 26.2 Å². The molecule has 6 nitrogen and oxygen atoms in total. The van der Waals surface area contributed by atoms with Gasteiger partial charge in [-0.15, -0.1) is 0 Å². The molecular weight excluding hydrogens is 361 g/mol. The maximum atomic E-state index is 13.0. The minimum Gasteiger partial charge on any atom is -0.368 e. The quantitative estimate of drug-likeness (QED) is 0.766. The number of amides is 2. The monoisotopic (exact) mass is 383 g/mol. The van der Waals surface area contributed by atoms with E-state index < -0.39 is 11.7 Å². The van der Waals surface area contributed by atoms with E-state index in [1.54, 1.807) is 41.3 Å². The summed E-state index contributed by atoms with van der Waals surface area (Å²) in [6.07, 6.45) is 0.0111. The maximum Gasteiger partial charge on any atom is 0.288 e. The van der Waals surface area contributed by atoms with Crippen LogP contribution in [-0.2, 0) is 20.8 Å². The predicted octanol–water partition coefficient (Wildman–Crippen LogP) is 1.40. The molecule has 1 saturated heterocycles. The average Bonchev–Trinajstić information content (AvgIpc) is 2.73. The largest absolute Gasteiger partial charge is 0.368 e. The molecule has 3 rings (SSSR count). The lowest BCUT2D eigenvalue weighted by Crippen LogP contribution is -2.51. The Balaban J connectivity index is 1.42. The van der Waals surface area contributed by atoms with Gasteiger partial charge < -0.3 is 15.1 Å². The molecule has 2 amide bonds. The number of rotatable bonds is 6. The van der Waals surface area contributed by atoms with Crippen LogP contribution in [0.3, 0.4) is 0 Å². The standard InChI is InChI=1S/C21H22FN3O3/c22-17-6-8-18(9-7-17)24-10-12-25(13-11-24)20(27)15-23-21(28)19(26)14-16-4-2-1-3-5-16/h1-9H,10-15H2,(H,23,28). The van der Waals surface area contributed by atoms with E-state index in [9.17, 15) is 18.8 Å². The van der Waals surface area contributed by atoms with E-state index >= 15 is 0 Å². The third-order valence-electron chi connectivity index (χ3n) is 4.69. The minimum atomic E-state index is -0.748. The Hall–Kier alpha value is -3.22. The van der Waals surface area contributed by atoms with Crippen molar-refractivity contribution < 1.29 is 18.8 Å². The van der Waals surface area contributed by atoms with E-state index in [1.807, 2.05) is 6.07 Å². The van der Waals surface area contributed by atoms with Crippen LogP contribution in [-0.4, -0.2) is 55.2 Å². The van der Waals surface area contributed by atoms with Crippen LogP contribution >= 0.6 is 0 Å². The van der Waals surface area contributed by atoms with Crippen LogP contribution in [0.2, 0.25) is 0 Å². The molecular formula is C21H22FN3O3. The van der Waals surface area contributed by atoms with Crippen molar-refractivity contribution in [3.63, 3.8) is 0 Å². The zero-order valence-corrected chi connectivity index (χ0v) is 15.4. The Bertz CT molecular complexity index is 832. The summed E-state index contributed by atoms with van der Waals surface area (Å²) in [7, 11) is 0. The highest BCUT2D eigenvalue weighted by molar-refractivity contribution is 6.36. The van der Waals surface area contributed by atoms with Crippen molar-refractivity contribution in [1.29, 1.82) is 0 Å². The summed E-state index contributed by atoms with van der Waals surface area (Å²) in [5.74, 6) is -1.82. The number of nitrogens with one attached hydrogen (secondary N) is 1. The molecule has 28 heavy (non-hydrogen) atoms. The normalized spacial score (nSPS) is 13.9. The predicted molar refractivity (Wildman–Crippen MR) is 103 cm³/mol. The van der Waals surface area contributed by atoms with Gasteiger partial charge in [-0.05, 0) is 29.8 Å². The van der Waals surface area contributed by atoms with Crippen molar-refractivity contribution in [2.75, 3.05) is 37.6 Å². The zero-order chi connectivity index (χ0) is 19.9. The van der Waals surface area contributed by atoms with E-state index in [1.165, 1.54) is 12.1 Å². The van der Waals surface area contributed by atoms with Gasteiger partial charge in [0.1, 0.15) is 5.82 Å². The van der Waals surface area contributed by atoms with Crippen LogP contribution in [0.4, 0.5) is 10.1 Å². The zero-order valence-electron chi connectivity index (χ0n) is 15.4. The number of Topliss-reactive ketones (excluding diaryl/α,β-unsaturated/α-hetero) is 1. The van der Waals surface area contributed by atoms with Crippen molar-refractivity contribution in [3.8, 4) is 0 Å². The van der Waals surface area contributed by atoms with Crippen molar-refractivity contribution in [2.24, 2.45) is 0 Å². The van der Waals surface area contributed by atoms with Crippen molar-refractivity contribution in [2.45, 2.75) is 6.42 Å². The second kappa shape index (κ2) is 9.12. The molecule has 0 aliphatic carbocycles. The Morgan fingerprint density at radius 2 is 1.54 bits per heavy atom. The molecule has 1 aliphatic heterocycles. The molecule has 0 aromatic heterocycles. The highest BCUT2D eigenvalue weighted by atomic mass is 19.1. The van der Waals surface area contributed by atoms with E-state index in [0.717, 1.165) is 11.3 Å². The SMILES string of the molecule is O=C(Cc1ccccc1)C(=O)NCC(=O)N1CCN(c2ccc(F)cc2)CC1. The van der Waals surface area contributed by atoms with Gasteiger partial charge in [0, 0.05) is 38.3 Å². The summed E-state index contributed by atoms with van der Waals surface area (Å²) in [6, 6.07) is 15.2. The molecule has 2 aromatic carbocycles. The summed E-state index contributed by atoms with van der Waals surface area (Å²) < 4.78 is 13.0. The first-order valence-corrected chi connectivity index (χ1v) is 9.16. The van der Waals surface area contributed by atoms with Crippen LogP contribution < -0.4 is 10.2 Å². The molecule has 0 saturated carbocycles. The fraction of sp³-hybridized carbons (Fsp3) is 0.286. The van der Waals surface area contributed by atoms with Crippen molar-refractivity contribution in [1.82, 2.24) is 10.2 Å². The first-order chi connectivity index (χ1) is 13.5. The van der Waals surface area contributed by atoms with Crippen molar-refractivity contribution in [3.05, 3.63) is 66.0 Å². The molecule has 0 spiro atoms. The lowest BCUT2D eigenvalue weighted by atomic mass is 10.1. The number of benzene rings is 2. The van der Waals surface area contributed by atoms with E-state index in [2.05, 4.69) is 10.2 Å². The molecule has 1 N–H and O–H groups in total. The fourth-order valence-electron chi connectivity index (χ4n) is 3.09. The number of hydrogen-bond acceptors (Lipinski definition) is 4. The second-order valence-corrected chi connectivity index (χ2v) is 6.61. The second-order valence-electron chi connectivity index (χ2n) is 6.61. The molecule has 0 atom stereocenters. The van der Waals surface area contributed by atoms with Crippen LogP contribution in [0, 0.1) is 5.82 Å². The first-order valence-electron chi connectivity index (χ1n) is 9.16. The van der Waals surface area contributed by atoms with Gasteiger partial charge in [-0.1, -0.05) is 30.3 Å². The molecule has 0 unspecified atom stereocenters. The molecule has 1 aliphatic rings. The molecule has 0 radical (unpaired) electrons. The number of halogens is 1.